The molecule has 0 radical (unpaired) electrons. The first-order valence-corrected chi connectivity index (χ1v) is 12.4. The van der Waals surface area contributed by atoms with Crippen LogP contribution in [-0.4, -0.2) is 57.6 Å². The van der Waals surface area contributed by atoms with Crippen LogP contribution in [0.2, 0.25) is 0 Å². The van der Waals surface area contributed by atoms with E-state index >= 15 is 0 Å². The lowest BCUT2D eigenvalue weighted by Gasteiger charge is -2.53. The van der Waals surface area contributed by atoms with Crippen LogP contribution in [0.15, 0.2) is 54.6 Å². The van der Waals surface area contributed by atoms with Crippen LogP contribution in [0.1, 0.15) is 50.7 Å². The van der Waals surface area contributed by atoms with Gasteiger partial charge in [0.2, 0.25) is 5.91 Å². The van der Waals surface area contributed by atoms with Gasteiger partial charge in [-0.1, -0.05) is 55.5 Å². The molecule has 3 aliphatic rings. The largest absolute Gasteiger partial charge is 0.482 e. The number of aliphatic carboxylic acids is 1. The lowest BCUT2D eigenvalue weighted by molar-refractivity contribution is -0.142. The Balaban J connectivity index is 1.51. The number of carboxylic acid groups (broad SMARTS) is 1. The second-order valence-electron chi connectivity index (χ2n) is 10.4. The first kappa shape index (κ1) is 22.9. The topological polar surface area (TPSA) is 70.1 Å². The Bertz CT molecular complexity index is 1060. The van der Waals surface area contributed by atoms with Crippen molar-refractivity contribution in [1.29, 1.82) is 0 Å². The molecule has 2 aromatic rings. The Morgan fingerprint density at radius 3 is 2.50 bits per heavy atom. The molecule has 2 bridgehead atoms. The van der Waals surface area contributed by atoms with Crippen LogP contribution >= 0.6 is 0 Å². The minimum atomic E-state index is -0.977. The van der Waals surface area contributed by atoms with E-state index in [0.717, 1.165) is 37.7 Å². The van der Waals surface area contributed by atoms with E-state index in [4.69, 9.17) is 9.84 Å². The minimum Gasteiger partial charge on any atom is -0.482 e. The summed E-state index contributed by atoms with van der Waals surface area (Å²) in [6, 6.07) is 19.3. The molecule has 2 aliphatic heterocycles. The predicted octanol–water partition coefficient (Wildman–Crippen LogP) is 4.13. The molecule has 5 rings (SSSR count). The molecule has 6 heteroatoms. The maximum atomic E-state index is 13.1. The van der Waals surface area contributed by atoms with Crippen molar-refractivity contribution in [1.82, 2.24) is 9.80 Å². The molecule has 2 aromatic carbocycles. The number of likely N-dealkylation sites (tertiary alicyclic amines) is 2. The molecule has 2 saturated heterocycles. The summed E-state index contributed by atoms with van der Waals surface area (Å²) in [5.74, 6) is -0.170. The molecule has 180 valence electrons. The van der Waals surface area contributed by atoms with Gasteiger partial charge in [-0.25, -0.2) is 4.79 Å². The van der Waals surface area contributed by atoms with Gasteiger partial charge in [0.15, 0.2) is 6.61 Å². The van der Waals surface area contributed by atoms with Crippen molar-refractivity contribution in [2.24, 2.45) is 5.41 Å². The monoisotopic (exact) mass is 462 g/mol. The molecule has 0 aromatic heterocycles. The standard InChI is InChI=1S/C28H34N2O4/c1-19(31)30-22(15-20-9-4-3-5-10-20)23-16-28(2)25(13-8-14-26(28)30)29(23)17-21-11-6-7-12-24(21)34-18-27(32)33/h3-7,9-12,22-23,25-26H,8,13-18H2,1-2H3,(H,32,33)/t22-,23+,25+,26-,28+/m1/s1. The SMILES string of the molecule is CC(=O)N1[C@H](Cc2ccccc2)[C@@H]2C[C@@]3(C)[C@H](CCC[C@@H]13)N2Cc1ccccc1OCC(=O)O. The number of carbonyl (C=O) groups excluding carboxylic acids is 1. The third-order valence-corrected chi connectivity index (χ3v) is 8.42. The van der Waals surface area contributed by atoms with Gasteiger partial charge in [0.25, 0.3) is 0 Å². The third kappa shape index (κ3) is 3.98. The summed E-state index contributed by atoms with van der Waals surface area (Å²) in [5.41, 5.74) is 2.34. The fraction of sp³-hybridized carbons (Fsp3) is 0.500. The average Bonchev–Trinajstić information content (AvgIpc) is 3.10. The van der Waals surface area contributed by atoms with Gasteiger partial charge in [-0.3, -0.25) is 9.69 Å². The fourth-order valence-electron chi connectivity index (χ4n) is 7.11. The Hall–Kier alpha value is -2.86. The Morgan fingerprint density at radius 1 is 1.06 bits per heavy atom. The van der Waals surface area contributed by atoms with Gasteiger partial charge in [-0.2, -0.15) is 0 Å². The molecule has 1 amide bonds. The number of carbonyl (C=O) groups is 2. The first-order chi connectivity index (χ1) is 16.4. The van der Waals surface area contributed by atoms with E-state index in [1.165, 1.54) is 5.56 Å². The van der Waals surface area contributed by atoms with Crippen LogP contribution in [0, 0.1) is 5.41 Å². The van der Waals surface area contributed by atoms with E-state index in [2.05, 4.69) is 41.0 Å². The molecule has 3 fully saturated rings. The number of benzene rings is 2. The number of amides is 1. The highest BCUT2D eigenvalue weighted by Gasteiger charge is 2.63. The summed E-state index contributed by atoms with van der Waals surface area (Å²) in [7, 11) is 0. The number of ether oxygens (including phenoxy) is 1. The van der Waals surface area contributed by atoms with E-state index in [0.29, 0.717) is 18.3 Å². The minimum absolute atomic E-state index is 0.0681. The maximum absolute atomic E-state index is 13.1. The zero-order valence-electron chi connectivity index (χ0n) is 20.0. The van der Waals surface area contributed by atoms with Gasteiger partial charge in [0, 0.05) is 42.6 Å². The van der Waals surface area contributed by atoms with Crippen molar-refractivity contribution in [3.8, 4) is 5.75 Å². The molecule has 5 atom stereocenters. The first-order valence-electron chi connectivity index (χ1n) is 12.4. The van der Waals surface area contributed by atoms with Crippen molar-refractivity contribution in [3.05, 3.63) is 65.7 Å². The van der Waals surface area contributed by atoms with Gasteiger partial charge in [0.1, 0.15) is 5.75 Å². The fourth-order valence-corrected chi connectivity index (χ4v) is 7.11. The highest BCUT2D eigenvalue weighted by atomic mass is 16.5. The molecule has 0 unspecified atom stereocenters. The van der Waals surface area contributed by atoms with E-state index in [1.807, 2.05) is 30.3 Å². The average molecular weight is 463 g/mol. The van der Waals surface area contributed by atoms with Crippen LogP contribution in [-0.2, 0) is 22.6 Å². The number of fused-ring (bicyclic) bond motifs is 1. The summed E-state index contributed by atoms with van der Waals surface area (Å²) in [5, 5.41) is 9.11. The van der Waals surface area contributed by atoms with Crippen LogP contribution < -0.4 is 4.74 Å². The normalized spacial score (nSPS) is 30.2. The number of nitrogens with zero attached hydrogens (tertiary/aromatic N) is 2. The Kier molecular flexibility index (Phi) is 6.11. The lowest BCUT2D eigenvalue weighted by Crippen LogP contribution is -2.62. The van der Waals surface area contributed by atoms with E-state index in [-0.39, 0.29) is 36.1 Å². The van der Waals surface area contributed by atoms with E-state index in [1.54, 1.807) is 6.92 Å². The summed E-state index contributed by atoms with van der Waals surface area (Å²) >= 11 is 0. The second-order valence-corrected chi connectivity index (χ2v) is 10.4. The number of hydrogen-bond donors (Lipinski definition) is 1. The molecule has 6 nitrogen and oxygen atoms in total. The van der Waals surface area contributed by atoms with E-state index in [9.17, 15) is 9.59 Å². The van der Waals surface area contributed by atoms with Gasteiger partial charge in [-0.05, 0) is 43.7 Å². The molecule has 1 saturated carbocycles. The third-order valence-electron chi connectivity index (χ3n) is 8.42. The maximum Gasteiger partial charge on any atom is 0.341 e. The quantitative estimate of drug-likeness (QED) is 0.670. The second kappa shape index (κ2) is 9.06. The van der Waals surface area contributed by atoms with Gasteiger partial charge < -0.3 is 14.7 Å². The van der Waals surface area contributed by atoms with Crippen molar-refractivity contribution in [2.75, 3.05) is 6.61 Å². The van der Waals surface area contributed by atoms with E-state index < -0.39 is 5.97 Å². The highest BCUT2D eigenvalue weighted by Crippen LogP contribution is 2.57. The Morgan fingerprint density at radius 2 is 1.76 bits per heavy atom. The smallest absolute Gasteiger partial charge is 0.341 e. The molecular formula is C28H34N2O4. The molecule has 1 aliphatic carbocycles. The zero-order chi connectivity index (χ0) is 23.9. The number of carboxylic acids is 1. The van der Waals surface area contributed by atoms with Crippen molar-refractivity contribution in [3.63, 3.8) is 0 Å². The van der Waals surface area contributed by atoms with Crippen molar-refractivity contribution < 1.29 is 19.4 Å². The number of rotatable bonds is 7. The summed E-state index contributed by atoms with van der Waals surface area (Å²) in [6.45, 7) is 4.47. The molecule has 1 N–H and O–H groups in total. The summed E-state index contributed by atoms with van der Waals surface area (Å²) in [6.07, 6.45) is 5.25. The van der Waals surface area contributed by atoms with Gasteiger partial charge in [0.05, 0.1) is 6.04 Å². The molecule has 2 heterocycles. The molecule has 0 spiro atoms. The van der Waals surface area contributed by atoms with Crippen LogP contribution in [0.3, 0.4) is 0 Å². The lowest BCUT2D eigenvalue weighted by atomic mass is 9.64. The van der Waals surface area contributed by atoms with Gasteiger partial charge >= 0.3 is 5.97 Å². The predicted molar refractivity (Wildman–Crippen MR) is 130 cm³/mol. The number of piperidine rings is 1. The molecule has 34 heavy (non-hydrogen) atoms. The van der Waals surface area contributed by atoms with Crippen LogP contribution in [0.4, 0.5) is 0 Å². The van der Waals surface area contributed by atoms with Crippen molar-refractivity contribution >= 4 is 11.9 Å². The molecular weight excluding hydrogens is 428 g/mol. The highest BCUT2D eigenvalue weighted by molar-refractivity contribution is 5.75. The summed E-state index contributed by atoms with van der Waals surface area (Å²) in [4.78, 5) is 29.0. The van der Waals surface area contributed by atoms with Gasteiger partial charge in [-0.15, -0.1) is 0 Å². The van der Waals surface area contributed by atoms with Crippen LogP contribution in [0.5, 0.6) is 5.75 Å². The number of hydrogen-bond acceptors (Lipinski definition) is 4. The summed E-state index contributed by atoms with van der Waals surface area (Å²) < 4.78 is 5.64. The van der Waals surface area contributed by atoms with Crippen molar-refractivity contribution in [2.45, 2.75) is 76.7 Å². The Labute approximate surface area is 201 Å². The van der Waals surface area contributed by atoms with Crippen LogP contribution in [0.25, 0.3) is 0 Å². The zero-order valence-corrected chi connectivity index (χ0v) is 20.0. The number of para-hydroxylation sites is 1.